The predicted molar refractivity (Wildman–Crippen MR) is 136 cm³/mol. The molecule has 0 radical (unpaired) electrons. The summed E-state index contributed by atoms with van der Waals surface area (Å²) in [4.78, 5) is 27.8. The van der Waals surface area contributed by atoms with Crippen LogP contribution in [-0.2, 0) is 26.2 Å². The van der Waals surface area contributed by atoms with Crippen LogP contribution in [-0.4, -0.2) is 64.2 Å². The highest BCUT2D eigenvalue weighted by atomic mass is 32.2. The number of hydrogen-bond acceptors (Lipinski definition) is 6. The largest absolute Gasteiger partial charge is 0.497 e. The summed E-state index contributed by atoms with van der Waals surface area (Å²) in [5, 5.41) is 2.82. The number of anilines is 1. The van der Waals surface area contributed by atoms with Gasteiger partial charge >= 0.3 is 0 Å². The molecule has 0 aliphatic heterocycles. The van der Waals surface area contributed by atoms with Crippen molar-refractivity contribution >= 4 is 27.5 Å². The van der Waals surface area contributed by atoms with Crippen LogP contribution in [0.4, 0.5) is 5.69 Å². The van der Waals surface area contributed by atoms with Crippen molar-refractivity contribution in [2.24, 2.45) is 0 Å². The third-order valence-corrected chi connectivity index (χ3v) is 6.49. The molecule has 1 atom stereocenters. The van der Waals surface area contributed by atoms with Gasteiger partial charge in [-0.05, 0) is 63.1 Å². The molecule has 192 valence electrons. The van der Waals surface area contributed by atoms with Crippen molar-refractivity contribution in [3.8, 4) is 11.5 Å². The average molecular weight is 506 g/mol. The second-order valence-corrected chi connectivity index (χ2v) is 10.6. The fourth-order valence-electron chi connectivity index (χ4n) is 3.54. The Morgan fingerprint density at radius 2 is 1.71 bits per heavy atom. The number of nitrogens with zero attached hydrogens (tertiary/aromatic N) is 2. The molecular formula is C25H35N3O6S. The molecule has 0 aliphatic carbocycles. The van der Waals surface area contributed by atoms with Gasteiger partial charge in [-0.15, -0.1) is 0 Å². The second-order valence-electron chi connectivity index (χ2n) is 8.66. The highest BCUT2D eigenvalue weighted by Gasteiger charge is 2.31. The van der Waals surface area contributed by atoms with Crippen molar-refractivity contribution in [2.75, 3.05) is 31.3 Å². The minimum atomic E-state index is -3.86. The summed E-state index contributed by atoms with van der Waals surface area (Å²) < 4.78 is 37.2. The summed E-state index contributed by atoms with van der Waals surface area (Å²) in [7, 11) is -0.883. The maximum Gasteiger partial charge on any atom is 0.244 e. The average Bonchev–Trinajstić information content (AvgIpc) is 2.79. The number of amides is 2. The minimum absolute atomic E-state index is 0.0886. The van der Waals surface area contributed by atoms with Gasteiger partial charge in [0.2, 0.25) is 21.8 Å². The van der Waals surface area contributed by atoms with Crippen LogP contribution in [0.2, 0.25) is 0 Å². The van der Waals surface area contributed by atoms with Crippen LogP contribution in [0.25, 0.3) is 0 Å². The Labute approximate surface area is 208 Å². The van der Waals surface area contributed by atoms with Gasteiger partial charge in [-0.2, -0.15) is 0 Å². The van der Waals surface area contributed by atoms with E-state index in [-0.39, 0.29) is 24.2 Å². The minimum Gasteiger partial charge on any atom is -0.497 e. The molecule has 2 aromatic rings. The number of carbonyl (C=O) groups is 2. The number of carbonyl (C=O) groups excluding carboxylic acids is 2. The second kappa shape index (κ2) is 11.9. The molecule has 2 amide bonds. The Balaban J connectivity index is 2.48. The van der Waals surface area contributed by atoms with Gasteiger partial charge in [0.1, 0.15) is 24.1 Å². The molecule has 0 fully saturated rings. The van der Waals surface area contributed by atoms with Crippen LogP contribution in [0.3, 0.4) is 0 Å². The summed E-state index contributed by atoms with van der Waals surface area (Å²) in [5.74, 6) is 0.0544. The van der Waals surface area contributed by atoms with Crippen molar-refractivity contribution < 1.29 is 27.5 Å². The van der Waals surface area contributed by atoms with Gasteiger partial charge in [-0.1, -0.05) is 18.2 Å². The number of ether oxygens (including phenoxy) is 2. The molecule has 35 heavy (non-hydrogen) atoms. The van der Waals surface area contributed by atoms with Gasteiger partial charge in [0.05, 0.1) is 26.2 Å². The fraction of sp³-hybridized carbons (Fsp3) is 0.440. The molecule has 0 aromatic heterocycles. The zero-order chi connectivity index (χ0) is 26.3. The molecule has 0 unspecified atom stereocenters. The lowest BCUT2D eigenvalue weighted by molar-refractivity contribution is -0.139. The quantitative estimate of drug-likeness (QED) is 0.504. The SMILES string of the molecule is COc1cccc(CN(C(=O)CN(c2cc(C)ccc2OC)S(C)(=O)=O)[C@H](C)C(=O)NC(C)C)c1. The lowest BCUT2D eigenvalue weighted by atomic mass is 10.1. The lowest BCUT2D eigenvalue weighted by Gasteiger charge is -2.32. The van der Waals surface area contributed by atoms with Gasteiger partial charge in [-0.3, -0.25) is 13.9 Å². The van der Waals surface area contributed by atoms with E-state index < -0.39 is 28.5 Å². The number of benzene rings is 2. The summed E-state index contributed by atoms with van der Waals surface area (Å²) in [5.41, 5.74) is 1.80. The summed E-state index contributed by atoms with van der Waals surface area (Å²) >= 11 is 0. The third-order valence-electron chi connectivity index (χ3n) is 5.37. The van der Waals surface area contributed by atoms with Crippen molar-refractivity contribution in [3.63, 3.8) is 0 Å². The maximum atomic E-state index is 13.6. The van der Waals surface area contributed by atoms with E-state index in [1.54, 1.807) is 50.4 Å². The first-order valence-electron chi connectivity index (χ1n) is 11.2. The van der Waals surface area contributed by atoms with E-state index in [1.165, 1.54) is 12.0 Å². The predicted octanol–water partition coefficient (Wildman–Crippen LogP) is 2.72. The Morgan fingerprint density at radius 3 is 2.29 bits per heavy atom. The topological polar surface area (TPSA) is 105 Å². The number of methoxy groups -OCH3 is 2. The molecule has 10 heteroatoms. The highest BCUT2D eigenvalue weighted by Crippen LogP contribution is 2.31. The number of nitrogens with one attached hydrogen (secondary N) is 1. The number of aryl methyl sites for hydroxylation is 1. The zero-order valence-electron chi connectivity index (χ0n) is 21.4. The standard InChI is InChI=1S/C25H35N3O6S/c1-17(2)26-25(30)19(4)27(15-20-9-8-10-21(14-20)33-5)24(29)16-28(35(7,31)32)22-13-18(3)11-12-23(22)34-6/h8-14,17,19H,15-16H2,1-7H3,(H,26,30)/t19-/m1/s1. The molecule has 2 aromatic carbocycles. The highest BCUT2D eigenvalue weighted by molar-refractivity contribution is 7.92. The van der Waals surface area contributed by atoms with Crippen LogP contribution in [0, 0.1) is 6.92 Å². The first-order chi connectivity index (χ1) is 16.4. The normalized spacial score (nSPS) is 12.1. The van der Waals surface area contributed by atoms with E-state index in [0.29, 0.717) is 11.5 Å². The Kier molecular flexibility index (Phi) is 9.53. The van der Waals surface area contributed by atoms with E-state index >= 15 is 0 Å². The molecule has 0 aliphatic rings. The Hall–Kier alpha value is -3.27. The van der Waals surface area contributed by atoms with Crippen LogP contribution < -0.4 is 19.1 Å². The van der Waals surface area contributed by atoms with Gasteiger partial charge in [-0.25, -0.2) is 8.42 Å². The fourth-order valence-corrected chi connectivity index (χ4v) is 4.39. The van der Waals surface area contributed by atoms with E-state index in [1.807, 2.05) is 26.8 Å². The summed E-state index contributed by atoms with van der Waals surface area (Å²) in [6, 6.07) is 11.3. The molecule has 2 rings (SSSR count). The van der Waals surface area contributed by atoms with Crippen molar-refractivity contribution in [1.82, 2.24) is 10.2 Å². The van der Waals surface area contributed by atoms with Crippen molar-refractivity contribution in [1.29, 1.82) is 0 Å². The number of rotatable bonds is 11. The van der Waals surface area contributed by atoms with Crippen molar-refractivity contribution in [3.05, 3.63) is 53.6 Å². The van der Waals surface area contributed by atoms with Crippen LogP contribution >= 0.6 is 0 Å². The first-order valence-corrected chi connectivity index (χ1v) is 13.1. The Morgan fingerprint density at radius 1 is 1.03 bits per heavy atom. The van der Waals surface area contributed by atoms with E-state index in [0.717, 1.165) is 21.7 Å². The van der Waals surface area contributed by atoms with Gasteiger partial charge in [0, 0.05) is 12.6 Å². The molecule has 0 saturated carbocycles. The molecular weight excluding hydrogens is 470 g/mol. The van der Waals surface area contributed by atoms with Crippen LogP contribution in [0.15, 0.2) is 42.5 Å². The molecule has 9 nitrogen and oxygen atoms in total. The van der Waals surface area contributed by atoms with Gasteiger partial charge in [0.25, 0.3) is 0 Å². The van der Waals surface area contributed by atoms with E-state index in [2.05, 4.69) is 5.32 Å². The summed E-state index contributed by atoms with van der Waals surface area (Å²) in [6.45, 7) is 6.68. The first kappa shape index (κ1) is 28.0. The zero-order valence-corrected chi connectivity index (χ0v) is 22.2. The molecule has 0 heterocycles. The number of hydrogen-bond donors (Lipinski definition) is 1. The maximum absolute atomic E-state index is 13.6. The Bertz CT molecular complexity index is 1150. The van der Waals surface area contributed by atoms with Crippen molar-refractivity contribution in [2.45, 2.75) is 46.3 Å². The molecule has 0 bridgehead atoms. The smallest absolute Gasteiger partial charge is 0.244 e. The van der Waals surface area contributed by atoms with Crippen LogP contribution in [0.5, 0.6) is 11.5 Å². The lowest BCUT2D eigenvalue weighted by Crippen LogP contribution is -2.52. The number of sulfonamides is 1. The van der Waals surface area contributed by atoms with Gasteiger partial charge < -0.3 is 19.7 Å². The van der Waals surface area contributed by atoms with E-state index in [4.69, 9.17) is 9.47 Å². The van der Waals surface area contributed by atoms with Gasteiger partial charge in [0.15, 0.2) is 0 Å². The van der Waals surface area contributed by atoms with E-state index in [9.17, 15) is 18.0 Å². The third kappa shape index (κ3) is 7.61. The van der Waals surface area contributed by atoms with Crippen LogP contribution in [0.1, 0.15) is 31.9 Å². The monoisotopic (exact) mass is 505 g/mol. The molecule has 0 saturated heterocycles. The summed E-state index contributed by atoms with van der Waals surface area (Å²) in [6.07, 6.45) is 1.03. The molecule has 0 spiro atoms. The molecule has 1 N–H and O–H groups in total.